The van der Waals surface area contributed by atoms with Crippen LogP contribution in [0, 0.1) is 23.2 Å². The van der Waals surface area contributed by atoms with Gasteiger partial charge < -0.3 is 10.0 Å². The van der Waals surface area contributed by atoms with E-state index in [0.29, 0.717) is 0 Å². The molecule has 3 atom stereocenters. The molecule has 0 aromatic rings. The Morgan fingerprint density at radius 1 is 1.31 bits per heavy atom. The molecule has 1 amide bonds. The van der Waals surface area contributed by atoms with Crippen LogP contribution in [0.25, 0.3) is 0 Å². The number of carboxylic acid groups (broad SMARTS) is 1. The number of rotatable bonds is 5. The van der Waals surface area contributed by atoms with Crippen LogP contribution in [0.4, 0.5) is 0 Å². The van der Waals surface area contributed by atoms with Gasteiger partial charge >= 0.3 is 5.97 Å². The minimum absolute atomic E-state index is 0.194. The molecule has 0 aliphatic carbocycles. The Morgan fingerprint density at radius 3 is 2.19 bits per heavy atom. The van der Waals surface area contributed by atoms with Gasteiger partial charge in [-0.05, 0) is 6.92 Å². The Morgan fingerprint density at radius 2 is 1.81 bits per heavy atom. The summed E-state index contributed by atoms with van der Waals surface area (Å²) in [6.07, 6.45) is 0.246. The summed E-state index contributed by atoms with van der Waals surface area (Å²) in [6, 6.07) is 1.79. The van der Waals surface area contributed by atoms with Crippen LogP contribution in [0.2, 0.25) is 0 Å². The number of hydrogen-bond acceptors (Lipinski definition) is 3. The first-order valence-electron chi connectivity index (χ1n) is 5.19. The second-order valence-electron chi connectivity index (χ2n) is 4.08. The van der Waals surface area contributed by atoms with Crippen LogP contribution < -0.4 is 0 Å². The molecule has 5 nitrogen and oxygen atoms in total. The molecule has 0 spiro atoms. The largest absolute Gasteiger partial charge is 0.481 e. The van der Waals surface area contributed by atoms with Crippen molar-refractivity contribution in [1.82, 2.24) is 4.90 Å². The number of aliphatic carboxylic acids is 1. The molecule has 16 heavy (non-hydrogen) atoms. The number of nitrogens with zero attached hydrogens (tertiary/aromatic N) is 2. The minimum Gasteiger partial charge on any atom is -0.481 e. The van der Waals surface area contributed by atoms with Crippen molar-refractivity contribution in [3.05, 3.63) is 0 Å². The summed E-state index contributed by atoms with van der Waals surface area (Å²) in [7, 11) is 1.59. The van der Waals surface area contributed by atoms with Crippen molar-refractivity contribution >= 4 is 11.9 Å². The summed E-state index contributed by atoms with van der Waals surface area (Å²) in [5, 5.41) is 17.3. The predicted octanol–water partition coefficient (Wildman–Crippen LogP) is 1.10. The highest BCUT2D eigenvalue weighted by Crippen LogP contribution is 2.15. The Labute approximate surface area is 95.7 Å². The van der Waals surface area contributed by atoms with Gasteiger partial charge in [0.05, 0.1) is 18.4 Å². The number of hydrogen-bond donors (Lipinski definition) is 1. The summed E-state index contributed by atoms with van der Waals surface area (Å²) >= 11 is 0. The van der Waals surface area contributed by atoms with Gasteiger partial charge in [-0.2, -0.15) is 5.26 Å². The Kier molecular flexibility index (Phi) is 5.51. The number of amides is 1. The summed E-state index contributed by atoms with van der Waals surface area (Å²) in [6.45, 7) is 4.86. The molecule has 0 fully saturated rings. The fourth-order valence-electron chi connectivity index (χ4n) is 1.24. The Balaban J connectivity index is 4.56. The van der Waals surface area contributed by atoms with Gasteiger partial charge in [0.2, 0.25) is 5.91 Å². The van der Waals surface area contributed by atoms with E-state index >= 15 is 0 Å². The second-order valence-corrected chi connectivity index (χ2v) is 4.08. The maximum absolute atomic E-state index is 11.9. The van der Waals surface area contributed by atoms with E-state index in [1.165, 1.54) is 11.8 Å². The number of carboxylic acids is 1. The van der Waals surface area contributed by atoms with E-state index in [2.05, 4.69) is 0 Å². The smallest absolute Gasteiger partial charge is 0.307 e. The van der Waals surface area contributed by atoms with Crippen LogP contribution >= 0.6 is 0 Å². The maximum Gasteiger partial charge on any atom is 0.307 e. The molecular formula is C11H18N2O3. The van der Waals surface area contributed by atoms with Gasteiger partial charge in [-0.25, -0.2) is 0 Å². The lowest BCUT2D eigenvalue weighted by Crippen LogP contribution is -2.41. The average molecular weight is 226 g/mol. The molecule has 5 heteroatoms. The molecular weight excluding hydrogens is 208 g/mol. The van der Waals surface area contributed by atoms with Gasteiger partial charge in [-0.3, -0.25) is 9.59 Å². The van der Waals surface area contributed by atoms with Gasteiger partial charge in [0.15, 0.2) is 0 Å². The molecule has 3 unspecified atom stereocenters. The van der Waals surface area contributed by atoms with E-state index in [9.17, 15) is 9.59 Å². The molecule has 0 radical (unpaired) electrons. The highest BCUT2D eigenvalue weighted by molar-refractivity contribution is 5.84. The molecule has 1 N–H and O–H groups in total. The van der Waals surface area contributed by atoms with Crippen LogP contribution in [0.3, 0.4) is 0 Å². The van der Waals surface area contributed by atoms with E-state index in [1.54, 1.807) is 20.9 Å². The van der Waals surface area contributed by atoms with Gasteiger partial charge in [-0.1, -0.05) is 13.8 Å². The van der Waals surface area contributed by atoms with Crippen molar-refractivity contribution in [2.45, 2.75) is 33.2 Å². The summed E-state index contributed by atoms with van der Waals surface area (Å²) < 4.78 is 0. The van der Waals surface area contributed by atoms with Gasteiger partial charge in [-0.15, -0.1) is 0 Å². The zero-order valence-electron chi connectivity index (χ0n) is 10.1. The first-order valence-corrected chi connectivity index (χ1v) is 5.19. The van der Waals surface area contributed by atoms with Crippen molar-refractivity contribution in [3.63, 3.8) is 0 Å². The quantitative estimate of drug-likeness (QED) is 0.761. The highest BCUT2D eigenvalue weighted by Gasteiger charge is 2.29. The van der Waals surface area contributed by atoms with E-state index in [1.807, 2.05) is 6.07 Å². The normalized spacial score (nSPS) is 15.7. The third-order valence-electron chi connectivity index (χ3n) is 2.92. The third kappa shape index (κ3) is 3.54. The lowest BCUT2D eigenvalue weighted by atomic mass is 9.94. The number of carbonyl (C=O) groups is 2. The lowest BCUT2D eigenvalue weighted by Gasteiger charge is -2.27. The van der Waals surface area contributed by atoms with Crippen molar-refractivity contribution in [3.8, 4) is 6.07 Å². The molecule has 0 aromatic carbocycles. The van der Waals surface area contributed by atoms with Crippen molar-refractivity contribution in [1.29, 1.82) is 5.26 Å². The average Bonchev–Trinajstić information content (AvgIpc) is 2.25. The molecule has 0 saturated carbocycles. The molecule has 90 valence electrons. The van der Waals surface area contributed by atoms with Gasteiger partial charge in [0.1, 0.15) is 0 Å². The highest BCUT2D eigenvalue weighted by atomic mass is 16.4. The van der Waals surface area contributed by atoms with Crippen LogP contribution in [0.1, 0.15) is 27.2 Å². The van der Waals surface area contributed by atoms with Gasteiger partial charge in [0.25, 0.3) is 0 Å². The van der Waals surface area contributed by atoms with Gasteiger partial charge in [0, 0.05) is 19.0 Å². The Bertz CT molecular complexity index is 309. The summed E-state index contributed by atoms with van der Waals surface area (Å²) in [5.41, 5.74) is 0. The van der Waals surface area contributed by atoms with E-state index < -0.39 is 17.8 Å². The predicted molar refractivity (Wildman–Crippen MR) is 58.4 cm³/mol. The summed E-state index contributed by atoms with van der Waals surface area (Å²) in [5.74, 6) is -2.52. The van der Waals surface area contributed by atoms with E-state index in [4.69, 9.17) is 10.4 Å². The molecule has 0 aromatic heterocycles. The molecule has 0 saturated heterocycles. The molecule has 0 aliphatic rings. The molecule has 0 heterocycles. The van der Waals surface area contributed by atoms with E-state index in [-0.39, 0.29) is 18.4 Å². The van der Waals surface area contributed by atoms with Crippen molar-refractivity contribution in [2.24, 2.45) is 11.8 Å². The third-order valence-corrected chi connectivity index (χ3v) is 2.92. The maximum atomic E-state index is 11.9. The monoisotopic (exact) mass is 226 g/mol. The minimum atomic E-state index is -0.984. The molecule has 0 rings (SSSR count). The van der Waals surface area contributed by atoms with Crippen LogP contribution in [-0.2, 0) is 9.59 Å². The Hall–Kier alpha value is -1.57. The number of nitriles is 1. The van der Waals surface area contributed by atoms with Crippen molar-refractivity contribution < 1.29 is 14.7 Å². The number of carbonyl (C=O) groups excluding carboxylic acids is 1. The zero-order chi connectivity index (χ0) is 12.9. The molecule has 0 aliphatic heterocycles. The van der Waals surface area contributed by atoms with Crippen molar-refractivity contribution in [2.75, 3.05) is 7.05 Å². The summed E-state index contributed by atoms with van der Waals surface area (Å²) in [4.78, 5) is 24.0. The zero-order valence-corrected chi connectivity index (χ0v) is 10.1. The SMILES string of the molecule is CC(C(=O)O)C(C)C(=O)N(C)C(C)CC#N. The second kappa shape index (κ2) is 6.11. The first kappa shape index (κ1) is 14.4. The van der Waals surface area contributed by atoms with E-state index in [0.717, 1.165) is 0 Å². The topological polar surface area (TPSA) is 81.4 Å². The lowest BCUT2D eigenvalue weighted by molar-refractivity contribution is -0.149. The standard InChI is InChI=1S/C11H18N2O3/c1-7(5-6-12)13(4)10(14)8(2)9(3)11(15)16/h7-9H,5H2,1-4H3,(H,15,16). The van der Waals surface area contributed by atoms with Crippen LogP contribution in [-0.4, -0.2) is 35.0 Å². The van der Waals surface area contributed by atoms with Crippen LogP contribution in [0.5, 0.6) is 0 Å². The first-order chi connectivity index (χ1) is 7.32. The fourth-order valence-corrected chi connectivity index (χ4v) is 1.24. The van der Waals surface area contributed by atoms with Crippen LogP contribution in [0.15, 0.2) is 0 Å². The molecule has 0 bridgehead atoms. The fraction of sp³-hybridized carbons (Fsp3) is 0.727.